The summed E-state index contributed by atoms with van der Waals surface area (Å²) in [6.45, 7) is 2.23. The first-order chi connectivity index (χ1) is 6.75. The molecule has 7 nitrogen and oxygen atoms in total. The Hall–Kier alpha value is -1.76. The lowest BCUT2D eigenvalue weighted by Crippen LogP contribution is -2.06. The summed E-state index contributed by atoms with van der Waals surface area (Å²) in [5, 5.41) is 7.68. The summed E-state index contributed by atoms with van der Waals surface area (Å²) in [4.78, 5) is 7.89. The zero-order valence-corrected chi connectivity index (χ0v) is 7.66. The van der Waals surface area contributed by atoms with Crippen LogP contribution >= 0.6 is 0 Å². The second kappa shape index (κ2) is 3.54. The minimum atomic E-state index is -0.244. The van der Waals surface area contributed by atoms with E-state index in [2.05, 4.69) is 20.2 Å². The van der Waals surface area contributed by atoms with Crippen molar-refractivity contribution in [3.63, 3.8) is 0 Å². The SMILES string of the molecule is C[C@H](N)c1nc(Cn2cncn2)no1. The van der Waals surface area contributed by atoms with Crippen molar-refractivity contribution in [1.29, 1.82) is 0 Å². The molecular weight excluding hydrogens is 184 g/mol. The van der Waals surface area contributed by atoms with Gasteiger partial charge in [-0.15, -0.1) is 0 Å². The van der Waals surface area contributed by atoms with Gasteiger partial charge in [0, 0.05) is 0 Å². The molecule has 0 amide bonds. The Balaban J connectivity index is 2.11. The van der Waals surface area contributed by atoms with E-state index < -0.39 is 0 Å². The van der Waals surface area contributed by atoms with E-state index in [1.54, 1.807) is 17.9 Å². The Kier molecular flexibility index (Phi) is 2.23. The smallest absolute Gasteiger partial charge is 0.243 e. The number of nitrogens with two attached hydrogens (primary N) is 1. The summed E-state index contributed by atoms with van der Waals surface area (Å²) in [5.74, 6) is 0.975. The van der Waals surface area contributed by atoms with Gasteiger partial charge in [0.1, 0.15) is 19.2 Å². The van der Waals surface area contributed by atoms with Crippen LogP contribution in [0.3, 0.4) is 0 Å². The van der Waals surface area contributed by atoms with Crippen molar-refractivity contribution in [3.8, 4) is 0 Å². The van der Waals surface area contributed by atoms with Gasteiger partial charge >= 0.3 is 0 Å². The predicted molar refractivity (Wildman–Crippen MR) is 46.0 cm³/mol. The van der Waals surface area contributed by atoms with Crippen LogP contribution in [-0.2, 0) is 6.54 Å². The van der Waals surface area contributed by atoms with Crippen LogP contribution < -0.4 is 5.73 Å². The van der Waals surface area contributed by atoms with E-state index in [9.17, 15) is 0 Å². The van der Waals surface area contributed by atoms with Gasteiger partial charge in [0.05, 0.1) is 6.04 Å². The second-order valence-electron chi connectivity index (χ2n) is 2.93. The number of hydrogen-bond acceptors (Lipinski definition) is 6. The van der Waals surface area contributed by atoms with Crippen molar-refractivity contribution in [2.75, 3.05) is 0 Å². The molecule has 2 aromatic rings. The van der Waals surface area contributed by atoms with Gasteiger partial charge in [0.15, 0.2) is 5.82 Å². The summed E-state index contributed by atoms with van der Waals surface area (Å²) in [6, 6.07) is -0.244. The Labute approximate surface area is 79.9 Å². The zero-order chi connectivity index (χ0) is 9.97. The van der Waals surface area contributed by atoms with Gasteiger partial charge in [0.2, 0.25) is 5.89 Å². The Morgan fingerprint density at radius 1 is 1.64 bits per heavy atom. The average molecular weight is 194 g/mol. The molecule has 0 saturated carbocycles. The lowest BCUT2D eigenvalue weighted by Gasteiger charge is -1.94. The molecule has 0 saturated heterocycles. The van der Waals surface area contributed by atoms with Crippen LogP contribution in [0.4, 0.5) is 0 Å². The molecule has 0 aliphatic carbocycles. The van der Waals surface area contributed by atoms with E-state index in [1.165, 1.54) is 6.33 Å². The molecule has 74 valence electrons. The van der Waals surface area contributed by atoms with E-state index in [0.717, 1.165) is 0 Å². The summed E-state index contributed by atoms with van der Waals surface area (Å²) < 4.78 is 6.53. The maximum atomic E-state index is 5.57. The number of aromatic nitrogens is 5. The van der Waals surface area contributed by atoms with Crippen molar-refractivity contribution in [1.82, 2.24) is 24.9 Å². The highest BCUT2D eigenvalue weighted by molar-refractivity contribution is 4.90. The van der Waals surface area contributed by atoms with E-state index in [-0.39, 0.29) is 6.04 Å². The van der Waals surface area contributed by atoms with Gasteiger partial charge in [-0.05, 0) is 6.92 Å². The third kappa shape index (κ3) is 1.77. The first-order valence-corrected chi connectivity index (χ1v) is 4.16. The molecule has 0 aliphatic rings. The fourth-order valence-electron chi connectivity index (χ4n) is 0.976. The maximum absolute atomic E-state index is 5.57. The summed E-state index contributed by atoms with van der Waals surface area (Å²) in [5.41, 5.74) is 5.57. The van der Waals surface area contributed by atoms with E-state index >= 15 is 0 Å². The number of nitrogens with zero attached hydrogens (tertiary/aromatic N) is 5. The second-order valence-corrected chi connectivity index (χ2v) is 2.93. The Morgan fingerprint density at radius 3 is 3.07 bits per heavy atom. The van der Waals surface area contributed by atoms with E-state index in [1.807, 2.05) is 0 Å². The normalized spacial score (nSPS) is 13.0. The van der Waals surface area contributed by atoms with E-state index in [0.29, 0.717) is 18.3 Å². The minimum Gasteiger partial charge on any atom is -0.338 e. The molecule has 0 aromatic carbocycles. The van der Waals surface area contributed by atoms with Crippen LogP contribution in [0.5, 0.6) is 0 Å². The number of hydrogen-bond donors (Lipinski definition) is 1. The van der Waals surface area contributed by atoms with Crippen molar-refractivity contribution in [3.05, 3.63) is 24.4 Å². The first-order valence-electron chi connectivity index (χ1n) is 4.16. The zero-order valence-electron chi connectivity index (χ0n) is 7.66. The molecule has 0 fully saturated rings. The Bertz CT molecular complexity index is 392. The molecule has 0 bridgehead atoms. The van der Waals surface area contributed by atoms with Crippen LogP contribution in [0.15, 0.2) is 17.2 Å². The monoisotopic (exact) mass is 194 g/mol. The van der Waals surface area contributed by atoms with Gasteiger partial charge in [0.25, 0.3) is 0 Å². The van der Waals surface area contributed by atoms with Crippen LogP contribution in [-0.4, -0.2) is 24.9 Å². The molecule has 0 radical (unpaired) electrons. The summed E-state index contributed by atoms with van der Waals surface area (Å²) in [7, 11) is 0. The predicted octanol–water partition coefficient (Wildman–Crippen LogP) is -0.271. The molecule has 0 spiro atoms. The molecule has 2 aromatic heterocycles. The molecule has 2 N–H and O–H groups in total. The highest BCUT2D eigenvalue weighted by atomic mass is 16.5. The van der Waals surface area contributed by atoms with Gasteiger partial charge < -0.3 is 10.3 Å². The Morgan fingerprint density at radius 2 is 2.50 bits per heavy atom. The molecule has 7 heteroatoms. The molecule has 2 rings (SSSR count). The van der Waals surface area contributed by atoms with Crippen LogP contribution in [0.2, 0.25) is 0 Å². The highest BCUT2D eigenvalue weighted by Gasteiger charge is 2.10. The summed E-state index contributed by atoms with van der Waals surface area (Å²) >= 11 is 0. The molecule has 1 atom stereocenters. The first kappa shape index (κ1) is 8.82. The van der Waals surface area contributed by atoms with E-state index in [4.69, 9.17) is 10.3 Å². The minimum absolute atomic E-state index is 0.244. The molecular formula is C7H10N6O. The van der Waals surface area contributed by atoms with Crippen LogP contribution in [0.1, 0.15) is 24.7 Å². The van der Waals surface area contributed by atoms with Crippen molar-refractivity contribution >= 4 is 0 Å². The van der Waals surface area contributed by atoms with Crippen LogP contribution in [0, 0.1) is 0 Å². The largest absolute Gasteiger partial charge is 0.338 e. The molecule has 2 heterocycles. The van der Waals surface area contributed by atoms with Gasteiger partial charge in [-0.1, -0.05) is 5.16 Å². The van der Waals surface area contributed by atoms with Crippen molar-refractivity contribution in [2.45, 2.75) is 19.5 Å². The van der Waals surface area contributed by atoms with Gasteiger partial charge in [-0.3, -0.25) is 0 Å². The number of rotatable bonds is 3. The molecule has 0 unspecified atom stereocenters. The topological polar surface area (TPSA) is 95.7 Å². The quantitative estimate of drug-likeness (QED) is 0.722. The van der Waals surface area contributed by atoms with Gasteiger partial charge in [-0.2, -0.15) is 10.1 Å². The lowest BCUT2D eigenvalue weighted by molar-refractivity contribution is 0.356. The fourth-order valence-corrected chi connectivity index (χ4v) is 0.976. The standard InChI is InChI=1S/C7H10N6O/c1-5(8)7-11-6(12-14-7)2-13-4-9-3-10-13/h3-5H,2,8H2,1H3/t5-/m0/s1. The van der Waals surface area contributed by atoms with Crippen LogP contribution in [0.25, 0.3) is 0 Å². The van der Waals surface area contributed by atoms with Gasteiger partial charge in [-0.25, -0.2) is 9.67 Å². The lowest BCUT2D eigenvalue weighted by atomic mass is 10.4. The summed E-state index contributed by atoms with van der Waals surface area (Å²) in [6.07, 6.45) is 3.04. The molecule has 0 aliphatic heterocycles. The highest BCUT2D eigenvalue weighted by Crippen LogP contribution is 2.06. The molecule has 14 heavy (non-hydrogen) atoms. The van der Waals surface area contributed by atoms with Crippen molar-refractivity contribution in [2.24, 2.45) is 5.73 Å². The van der Waals surface area contributed by atoms with Crippen molar-refractivity contribution < 1.29 is 4.52 Å². The average Bonchev–Trinajstić information content (AvgIpc) is 2.75. The fraction of sp³-hybridized carbons (Fsp3) is 0.429. The third-order valence-electron chi connectivity index (χ3n) is 1.64. The third-order valence-corrected chi connectivity index (χ3v) is 1.64. The maximum Gasteiger partial charge on any atom is 0.243 e.